The Morgan fingerprint density at radius 2 is 1.77 bits per heavy atom. The zero-order valence-corrected chi connectivity index (χ0v) is 18.5. The van der Waals surface area contributed by atoms with E-state index in [1.807, 2.05) is 4.90 Å². The van der Waals surface area contributed by atoms with E-state index in [1.165, 1.54) is 11.0 Å². The highest BCUT2D eigenvalue weighted by molar-refractivity contribution is 5.93. The summed E-state index contributed by atoms with van der Waals surface area (Å²) >= 11 is 0. The van der Waals surface area contributed by atoms with Gasteiger partial charge in [0.15, 0.2) is 6.40 Å². The number of unbranched alkanes of at least 4 members (excludes halogenated alkanes) is 1. The number of amides is 3. The average Bonchev–Trinajstić information content (AvgIpc) is 2.85. The minimum atomic E-state index is -0.694. The fourth-order valence-corrected chi connectivity index (χ4v) is 4.02. The van der Waals surface area contributed by atoms with Crippen LogP contribution in [0.4, 0.5) is 9.59 Å². The largest absolute Gasteiger partial charge is 0.424 e. The van der Waals surface area contributed by atoms with Crippen molar-refractivity contribution in [3.8, 4) is 0 Å². The van der Waals surface area contributed by atoms with Crippen LogP contribution in [0.25, 0.3) is 0 Å². The molecule has 0 fully saturated rings. The number of nitrogens with zero attached hydrogens (tertiary/aromatic N) is 4. The Kier molecular flexibility index (Phi) is 12.3. The van der Waals surface area contributed by atoms with Gasteiger partial charge in [-0.05, 0) is 64.2 Å². The predicted molar refractivity (Wildman–Crippen MR) is 120 cm³/mol. The number of rotatable bonds is 6. The number of carbonyl (C=O) groups excluding carboxylic acids is 3. The topological polar surface area (TPSA) is 91.6 Å². The second kappa shape index (κ2) is 15.3. The number of hydrogen-bond acceptors (Lipinski definition) is 6. The van der Waals surface area contributed by atoms with E-state index in [0.29, 0.717) is 32.5 Å². The van der Waals surface area contributed by atoms with E-state index in [4.69, 9.17) is 4.74 Å². The zero-order valence-electron chi connectivity index (χ0n) is 18.5. The molecule has 0 aromatic heterocycles. The molecular formula is C23H36N4O4. The highest BCUT2D eigenvalue weighted by Gasteiger charge is 2.31. The third-order valence-electron chi connectivity index (χ3n) is 5.75. The summed E-state index contributed by atoms with van der Waals surface area (Å²) in [4.78, 5) is 47.2. The molecule has 0 atom stereocenters. The zero-order chi connectivity index (χ0) is 22.2. The lowest BCUT2D eigenvalue weighted by Crippen LogP contribution is -2.51. The molecule has 1 aliphatic heterocycles. The summed E-state index contributed by atoms with van der Waals surface area (Å²) in [6.45, 7) is 1.77. The third-order valence-corrected chi connectivity index (χ3v) is 5.75. The molecule has 8 nitrogen and oxygen atoms in total. The van der Waals surface area contributed by atoms with Crippen molar-refractivity contribution in [2.75, 3.05) is 26.2 Å². The van der Waals surface area contributed by atoms with E-state index in [9.17, 15) is 14.4 Å². The monoisotopic (exact) mass is 432 g/mol. The summed E-state index contributed by atoms with van der Waals surface area (Å²) < 4.78 is 5.12. The lowest BCUT2D eigenvalue weighted by molar-refractivity contribution is 0.113. The number of allylic oxidation sites excluding steroid dienone is 2. The van der Waals surface area contributed by atoms with Crippen LogP contribution in [0.15, 0.2) is 22.1 Å². The summed E-state index contributed by atoms with van der Waals surface area (Å²) in [6.07, 6.45) is 17.8. The van der Waals surface area contributed by atoms with E-state index >= 15 is 0 Å². The number of hydrogen-bond donors (Lipinski definition) is 0. The molecule has 0 saturated heterocycles. The minimum absolute atomic E-state index is 0.127. The first kappa shape index (κ1) is 24.8. The maximum absolute atomic E-state index is 13.5. The molecule has 1 aliphatic carbocycles. The lowest BCUT2D eigenvalue weighted by Gasteiger charge is -2.35. The molecule has 2 rings (SSSR count). The fourth-order valence-electron chi connectivity index (χ4n) is 4.02. The van der Waals surface area contributed by atoms with Crippen LogP contribution in [0.5, 0.6) is 0 Å². The molecular weight excluding hydrogens is 396 g/mol. The molecule has 172 valence electrons. The van der Waals surface area contributed by atoms with E-state index in [2.05, 4.69) is 22.1 Å². The molecule has 8 heteroatoms. The summed E-state index contributed by atoms with van der Waals surface area (Å²) in [6, 6.07) is -0.153. The highest BCUT2D eigenvalue weighted by atomic mass is 16.6. The number of isocyanates is 1. The first-order valence-electron chi connectivity index (χ1n) is 11.7. The molecule has 0 unspecified atom stereocenters. The Balaban J connectivity index is 2.14. The summed E-state index contributed by atoms with van der Waals surface area (Å²) in [7, 11) is 0. The van der Waals surface area contributed by atoms with Crippen LogP contribution in [-0.2, 0) is 9.53 Å². The highest BCUT2D eigenvalue weighted by Crippen LogP contribution is 2.21. The molecule has 0 radical (unpaired) electrons. The van der Waals surface area contributed by atoms with Crippen LogP contribution in [-0.4, -0.2) is 66.6 Å². The van der Waals surface area contributed by atoms with E-state index < -0.39 is 6.09 Å². The molecule has 0 saturated carbocycles. The molecule has 0 spiro atoms. The number of urea groups is 1. The normalized spacial score (nSPS) is 20.4. The van der Waals surface area contributed by atoms with Crippen molar-refractivity contribution >= 4 is 24.6 Å². The van der Waals surface area contributed by atoms with Crippen molar-refractivity contribution in [3.63, 3.8) is 0 Å². The van der Waals surface area contributed by atoms with Gasteiger partial charge in [-0.3, -0.25) is 4.99 Å². The van der Waals surface area contributed by atoms with Gasteiger partial charge in [0.2, 0.25) is 6.08 Å². The van der Waals surface area contributed by atoms with Crippen molar-refractivity contribution in [3.05, 3.63) is 12.2 Å². The second-order valence-corrected chi connectivity index (χ2v) is 8.10. The standard InChI is InChI=1S/C23H36N4O4/c28-19-24-15-9-12-18-27-22(29)26(17-11-10-16-25-20-31-23(27)30)21-13-7-5-3-1-2-4-6-8-14-21/h1-2,20-21H,3-18H2. The molecule has 0 N–H and O–H groups in total. The SMILES string of the molecule is O=C=NCCCCN1C(=O)OC=NCCCCN(C2CCCCC=CCCCC2)C1=O. The quantitative estimate of drug-likeness (QED) is 0.260. The molecule has 3 amide bonds. The lowest BCUT2D eigenvalue weighted by atomic mass is 10.0. The van der Waals surface area contributed by atoms with Crippen molar-refractivity contribution < 1.29 is 19.1 Å². The summed E-state index contributed by atoms with van der Waals surface area (Å²) in [5.41, 5.74) is 0. The van der Waals surface area contributed by atoms with Gasteiger partial charge < -0.3 is 9.64 Å². The van der Waals surface area contributed by atoms with E-state index in [-0.39, 0.29) is 18.6 Å². The first-order valence-corrected chi connectivity index (χ1v) is 11.7. The predicted octanol–water partition coefficient (Wildman–Crippen LogP) is 4.84. The molecule has 0 aromatic carbocycles. The summed E-state index contributed by atoms with van der Waals surface area (Å²) in [5.74, 6) is 0. The number of aliphatic imine (C=N–C) groups is 2. The third kappa shape index (κ3) is 9.47. The van der Waals surface area contributed by atoms with Crippen LogP contribution < -0.4 is 0 Å². The smallest absolute Gasteiger partial charge is 0.398 e. The molecule has 31 heavy (non-hydrogen) atoms. The average molecular weight is 433 g/mol. The Bertz CT molecular complexity index is 644. The summed E-state index contributed by atoms with van der Waals surface area (Å²) in [5, 5.41) is 0. The Morgan fingerprint density at radius 3 is 2.48 bits per heavy atom. The van der Waals surface area contributed by atoms with Crippen LogP contribution in [0.3, 0.4) is 0 Å². The Hall–Kier alpha value is -2.47. The van der Waals surface area contributed by atoms with Gasteiger partial charge in [0.1, 0.15) is 0 Å². The molecule has 2 aliphatic rings. The van der Waals surface area contributed by atoms with Gasteiger partial charge in [-0.1, -0.05) is 25.0 Å². The number of carbonyl (C=O) groups is 2. The van der Waals surface area contributed by atoms with Gasteiger partial charge in [-0.2, -0.15) is 0 Å². The molecule has 0 bridgehead atoms. The fraction of sp³-hybridized carbons (Fsp3) is 0.739. The maximum atomic E-state index is 13.5. The van der Waals surface area contributed by atoms with Gasteiger partial charge in [-0.25, -0.2) is 24.3 Å². The van der Waals surface area contributed by atoms with Crippen molar-refractivity contribution in [2.24, 2.45) is 9.98 Å². The molecule has 0 aromatic rings. The van der Waals surface area contributed by atoms with Crippen LogP contribution in [0.2, 0.25) is 0 Å². The minimum Gasteiger partial charge on any atom is -0.398 e. The van der Waals surface area contributed by atoms with Crippen molar-refractivity contribution in [1.82, 2.24) is 9.80 Å². The van der Waals surface area contributed by atoms with Crippen LogP contribution >= 0.6 is 0 Å². The van der Waals surface area contributed by atoms with Gasteiger partial charge in [0.25, 0.3) is 0 Å². The number of imide groups is 1. The van der Waals surface area contributed by atoms with E-state index in [0.717, 1.165) is 70.6 Å². The number of ether oxygens (including phenoxy) is 1. The van der Waals surface area contributed by atoms with Crippen LogP contribution in [0, 0.1) is 0 Å². The first-order chi connectivity index (χ1) is 15.2. The van der Waals surface area contributed by atoms with E-state index in [1.54, 1.807) is 0 Å². The van der Waals surface area contributed by atoms with Gasteiger partial charge >= 0.3 is 12.1 Å². The molecule has 1 heterocycles. The Morgan fingerprint density at radius 1 is 1.03 bits per heavy atom. The van der Waals surface area contributed by atoms with Crippen molar-refractivity contribution in [1.29, 1.82) is 0 Å². The maximum Gasteiger partial charge on any atom is 0.424 e. The van der Waals surface area contributed by atoms with Gasteiger partial charge in [-0.15, -0.1) is 0 Å². The van der Waals surface area contributed by atoms with Crippen LogP contribution in [0.1, 0.15) is 77.0 Å². The second-order valence-electron chi connectivity index (χ2n) is 8.10. The van der Waals surface area contributed by atoms with Crippen molar-refractivity contribution in [2.45, 2.75) is 83.1 Å². The Labute approximate surface area is 185 Å². The van der Waals surface area contributed by atoms with Gasteiger partial charge in [0.05, 0.1) is 6.54 Å². The van der Waals surface area contributed by atoms with Gasteiger partial charge in [0, 0.05) is 25.7 Å². The number of cyclic esters (lactones) is 1.